The molecule has 1 unspecified atom stereocenters. The Bertz CT molecular complexity index is 464. The van der Waals surface area contributed by atoms with E-state index in [1.165, 1.54) is 13.2 Å². The second-order valence-corrected chi connectivity index (χ2v) is 5.84. The third kappa shape index (κ3) is 3.70. The highest BCUT2D eigenvalue weighted by Gasteiger charge is 2.23. The van der Waals surface area contributed by atoms with E-state index >= 15 is 0 Å². The zero-order valence-electron chi connectivity index (χ0n) is 11.4. The highest BCUT2D eigenvalue weighted by molar-refractivity contribution is 9.10. The van der Waals surface area contributed by atoms with Crippen molar-refractivity contribution in [2.24, 2.45) is 0 Å². The Labute approximate surface area is 126 Å². The van der Waals surface area contributed by atoms with E-state index in [0.29, 0.717) is 12.2 Å². The van der Waals surface area contributed by atoms with E-state index in [2.05, 4.69) is 25.6 Å². The molecule has 1 aliphatic rings. The van der Waals surface area contributed by atoms with Crippen LogP contribution in [0.5, 0.6) is 0 Å². The van der Waals surface area contributed by atoms with Gasteiger partial charge < -0.3 is 9.64 Å². The van der Waals surface area contributed by atoms with Crippen molar-refractivity contribution in [3.05, 3.63) is 30.1 Å². The topological polar surface area (TPSA) is 32.8 Å². The maximum Gasteiger partial charge on any atom is 0.320 e. The number of carbonyl (C=O) groups is 1. The minimum absolute atomic E-state index is 0.186. The fourth-order valence-corrected chi connectivity index (χ4v) is 2.91. The second-order valence-electron chi connectivity index (χ2n) is 4.73. The molecule has 2 rings (SSSR count). The molecule has 6 heteroatoms. The number of methoxy groups -OCH3 is 1. The largest absolute Gasteiger partial charge is 0.468 e. The number of hydrogen-bond donors (Lipinski definition) is 0. The van der Waals surface area contributed by atoms with E-state index in [9.17, 15) is 9.18 Å². The standard InChI is InChI=1S/C14H18BrFN2O2/c1-20-14(19)11(15)10-17-6-8-18(9-7-17)13-5-3-2-4-12(13)16/h2-5,11H,6-10H2,1H3. The molecule has 1 atom stereocenters. The van der Waals surface area contributed by atoms with Crippen LogP contribution in [0.4, 0.5) is 10.1 Å². The van der Waals surface area contributed by atoms with E-state index in [1.54, 1.807) is 12.1 Å². The number of rotatable bonds is 4. The Morgan fingerprint density at radius 1 is 1.35 bits per heavy atom. The minimum Gasteiger partial charge on any atom is -0.468 e. The van der Waals surface area contributed by atoms with Gasteiger partial charge in [-0.3, -0.25) is 9.69 Å². The number of ether oxygens (including phenoxy) is 1. The lowest BCUT2D eigenvalue weighted by Crippen LogP contribution is -2.49. The second kappa shape index (κ2) is 7.04. The molecule has 0 spiro atoms. The number of piperazine rings is 1. The van der Waals surface area contributed by atoms with Crippen molar-refractivity contribution in [1.82, 2.24) is 4.90 Å². The predicted octanol–water partition coefficient (Wildman–Crippen LogP) is 1.88. The van der Waals surface area contributed by atoms with Gasteiger partial charge in [0.05, 0.1) is 12.8 Å². The van der Waals surface area contributed by atoms with Gasteiger partial charge in [-0.2, -0.15) is 0 Å². The number of hydrogen-bond acceptors (Lipinski definition) is 4. The first-order valence-corrected chi connectivity index (χ1v) is 7.47. The van der Waals surface area contributed by atoms with Crippen LogP contribution in [-0.4, -0.2) is 55.5 Å². The smallest absolute Gasteiger partial charge is 0.320 e. The van der Waals surface area contributed by atoms with Gasteiger partial charge in [0.25, 0.3) is 0 Å². The summed E-state index contributed by atoms with van der Waals surface area (Å²) >= 11 is 3.32. The number of anilines is 1. The molecule has 1 heterocycles. The molecule has 1 saturated heterocycles. The summed E-state index contributed by atoms with van der Waals surface area (Å²) in [6.07, 6.45) is 0. The third-order valence-electron chi connectivity index (χ3n) is 3.44. The number of esters is 1. The van der Waals surface area contributed by atoms with E-state index in [0.717, 1.165) is 26.2 Å². The van der Waals surface area contributed by atoms with E-state index in [4.69, 9.17) is 0 Å². The van der Waals surface area contributed by atoms with Crippen LogP contribution in [-0.2, 0) is 9.53 Å². The molecule has 1 fully saturated rings. The quantitative estimate of drug-likeness (QED) is 0.616. The molecule has 1 aromatic carbocycles. The van der Waals surface area contributed by atoms with Gasteiger partial charge in [0.2, 0.25) is 0 Å². The van der Waals surface area contributed by atoms with Crippen molar-refractivity contribution >= 4 is 27.6 Å². The summed E-state index contributed by atoms with van der Waals surface area (Å²) in [5.41, 5.74) is 0.649. The number of para-hydroxylation sites is 1. The Balaban J connectivity index is 1.87. The third-order valence-corrected chi connectivity index (χ3v) is 4.10. The molecule has 0 saturated carbocycles. The average Bonchev–Trinajstić information content (AvgIpc) is 2.48. The molecule has 20 heavy (non-hydrogen) atoms. The number of carbonyl (C=O) groups excluding carboxylic acids is 1. The number of benzene rings is 1. The molecule has 110 valence electrons. The molecule has 0 radical (unpaired) electrons. The highest BCUT2D eigenvalue weighted by Crippen LogP contribution is 2.20. The first kappa shape index (κ1) is 15.3. The summed E-state index contributed by atoms with van der Waals surface area (Å²) in [4.78, 5) is 15.3. The summed E-state index contributed by atoms with van der Waals surface area (Å²) < 4.78 is 18.4. The van der Waals surface area contributed by atoms with Crippen LogP contribution in [0.1, 0.15) is 0 Å². The highest BCUT2D eigenvalue weighted by atomic mass is 79.9. The molecule has 1 aliphatic heterocycles. The Morgan fingerprint density at radius 3 is 2.60 bits per heavy atom. The van der Waals surface area contributed by atoms with Gasteiger partial charge in [-0.25, -0.2) is 4.39 Å². The SMILES string of the molecule is COC(=O)C(Br)CN1CCN(c2ccccc2F)CC1. The maximum absolute atomic E-state index is 13.7. The van der Waals surface area contributed by atoms with Gasteiger partial charge in [-0.05, 0) is 12.1 Å². The summed E-state index contributed by atoms with van der Waals surface area (Å²) in [7, 11) is 1.38. The number of nitrogens with zero attached hydrogens (tertiary/aromatic N) is 2. The van der Waals surface area contributed by atoms with Crippen molar-refractivity contribution in [2.45, 2.75) is 4.83 Å². The maximum atomic E-state index is 13.7. The fraction of sp³-hybridized carbons (Fsp3) is 0.500. The molecule has 4 nitrogen and oxygen atoms in total. The summed E-state index contributed by atoms with van der Waals surface area (Å²) in [5.74, 6) is -0.449. The van der Waals surface area contributed by atoms with Gasteiger partial charge >= 0.3 is 5.97 Å². The predicted molar refractivity (Wildman–Crippen MR) is 79.8 cm³/mol. The average molecular weight is 345 g/mol. The molecular weight excluding hydrogens is 327 g/mol. The zero-order valence-corrected chi connectivity index (χ0v) is 13.0. The first-order valence-electron chi connectivity index (χ1n) is 6.55. The number of halogens is 2. The minimum atomic E-state index is -0.312. The van der Waals surface area contributed by atoms with Crippen molar-refractivity contribution in [3.8, 4) is 0 Å². The van der Waals surface area contributed by atoms with E-state index in [1.807, 2.05) is 11.0 Å². The van der Waals surface area contributed by atoms with Crippen LogP contribution >= 0.6 is 15.9 Å². The molecule has 0 aromatic heterocycles. The van der Waals surface area contributed by atoms with Crippen molar-refractivity contribution < 1.29 is 13.9 Å². The lowest BCUT2D eigenvalue weighted by Gasteiger charge is -2.36. The summed E-state index contributed by atoms with van der Waals surface area (Å²) in [5, 5.41) is 0. The van der Waals surface area contributed by atoms with Crippen molar-refractivity contribution in [3.63, 3.8) is 0 Å². The Hall–Kier alpha value is -1.14. The van der Waals surface area contributed by atoms with Gasteiger partial charge in [-0.1, -0.05) is 28.1 Å². The van der Waals surface area contributed by atoms with Crippen LogP contribution in [0.2, 0.25) is 0 Å². The zero-order chi connectivity index (χ0) is 14.5. The van der Waals surface area contributed by atoms with Crippen LogP contribution in [0, 0.1) is 5.82 Å². The molecule has 1 aromatic rings. The molecular formula is C14H18BrFN2O2. The lowest BCUT2D eigenvalue weighted by atomic mass is 10.2. The fourth-order valence-electron chi connectivity index (χ4n) is 2.31. The monoisotopic (exact) mass is 344 g/mol. The molecule has 0 bridgehead atoms. The van der Waals surface area contributed by atoms with Crippen LogP contribution in [0.25, 0.3) is 0 Å². The van der Waals surface area contributed by atoms with E-state index in [-0.39, 0.29) is 16.6 Å². The van der Waals surface area contributed by atoms with Crippen molar-refractivity contribution in [2.75, 3.05) is 44.7 Å². The Kier molecular flexibility index (Phi) is 5.37. The van der Waals surface area contributed by atoms with Gasteiger partial charge in [0.15, 0.2) is 0 Å². The van der Waals surface area contributed by atoms with Crippen molar-refractivity contribution in [1.29, 1.82) is 0 Å². The van der Waals surface area contributed by atoms with Gasteiger partial charge in [-0.15, -0.1) is 0 Å². The van der Waals surface area contributed by atoms with Gasteiger partial charge in [0.1, 0.15) is 10.6 Å². The number of alkyl halides is 1. The molecule has 0 amide bonds. The lowest BCUT2D eigenvalue weighted by molar-refractivity contribution is -0.140. The molecule has 0 aliphatic carbocycles. The Morgan fingerprint density at radius 2 is 2.00 bits per heavy atom. The van der Waals surface area contributed by atoms with E-state index < -0.39 is 0 Å². The van der Waals surface area contributed by atoms with Crippen LogP contribution in [0.3, 0.4) is 0 Å². The summed E-state index contributed by atoms with van der Waals surface area (Å²) in [6, 6.07) is 6.82. The molecule has 0 N–H and O–H groups in total. The van der Waals surface area contributed by atoms with Gasteiger partial charge in [0, 0.05) is 32.7 Å². The van der Waals surface area contributed by atoms with Crippen LogP contribution < -0.4 is 4.90 Å². The normalized spacial score (nSPS) is 17.9. The first-order chi connectivity index (χ1) is 9.61. The summed E-state index contributed by atoms with van der Waals surface area (Å²) in [6.45, 7) is 3.71. The van der Waals surface area contributed by atoms with Crippen LogP contribution in [0.15, 0.2) is 24.3 Å².